The van der Waals surface area contributed by atoms with Gasteiger partial charge in [-0.1, -0.05) is 28.1 Å². The van der Waals surface area contributed by atoms with Crippen LogP contribution in [-0.2, 0) is 20.4 Å². The number of esters is 1. The number of fused-ring (bicyclic) bond motifs is 2. The topological polar surface area (TPSA) is 90.2 Å². The number of anilines is 1. The van der Waals surface area contributed by atoms with E-state index in [1.807, 2.05) is 0 Å². The van der Waals surface area contributed by atoms with E-state index in [9.17, 15) is 23.2 Å². The molecular formula is C24H19BrF3N5O3. The number of methoxy groups -OCH3 is 1. The fourth-order valence-electron chi connectivity index (χ4n) is 4.67. The van der Waals surface area contributed by atoms with Gasteiger partial charge in [-0.3, -0.25) is 15.2 Å². The fourth-order valence-corrected chi connectivity index (χ4v) is 5.27. The Kier molecular flexibility index (Phi) is 5.72. The number of carbonyl (C=O) groups excluding carboxylic acids is 1. The molecule has 3 heterocycles. The number of nitrogens with zero attached hydrogens (tertiary/aromatic N) is 4. The predicted octanol–water partition coefficient (Wildman–Crippen LogP) is 4.60. The first kappa shape index (κ1) is 24.1. The maximum Gasteiger partial charge on any atom is 0.416 e. The van der Waals surface area contributed by atoms with Crippen LogP contribution in [-0.4, -0.2) is 36.4 Å². The van der Waals surface area contributed by atoms with Crippen molar-refractivity contribution >= 4 is 33.5 Å². The van der Waals surface area contributed by atoms with Crippen LogP contribution in [0.25, 0.3) is 0 Å². The van der Waals surface area contributed by atoms with Gasteiger partial charge in [0.1, 0.15) is 0 Å². The van der Waals surface area contributed by atoms with Crippen LogP contribution in [0, 0.1) is 11.3 Å². The van der Waals surface area contributed by atoms with Crippen LogP contribution < -0.4 is 10.3 Å². The van der Waals surface area contributed by atoms with Crippen molar-refractivity contribution in [3.63, 3.8) is 0 Å². The molecule has 8 nitrogen and oxygen atoms in total. The first-order valence-electron chi connectivity index (χ1n) is 10.9. The lowest BCUT2D eigenvalue weighted by atomic mass is 9.90. The summed E-state index contributed by atoms with van der Waals surface area (Å²) in [6, 6.07) is 11.1. The number of hydrogen-bond acceptors (Lipinski definition) is 8. The lowest BCUT2D eigenvalue weighted by Gasteiger charge is -2.52. The molecule has 0 bridgehead atoms. The summed E-state index contributed by atoms with van der Waals surface area (Å²) in [6.07, 6.45) is -4.05. The van der Waals surface area contributed by atoms with Gasteiger partial charge in [0.05, 0.1) is 42.5 Å². The molecule has 1 fully saturated rings. The van der Waals surface area contributed by atoms with Gasteiger partial charge >= 0.3 is 12.1 Å². The van der Waals surface area contributed by atoms with E-state index < -0.39 is 29.6 Å². The summed E-state index contributed by atoms with van der Waals surface area (Å²) in [5, 5.41) is 13.8. The number of nitriles is 1. The zero-order valence-corrected chi connectivity index (χ0v) is 20.6. The van der Waals surface area contributed by atoms with Gasteiger partial charge in [-0.05, 0) is 42.8 Å². The second-order valence-electron chi connectivity index (χ2n) is 8.40. The zero-order chi connectivity index (χ0) is 25.8. The van der Waals surface area contributed by atoms with E-state index in [4.69, 9.17) is 9.47 Å². The number of guanidine groups is 1. The molecule has 0 amide bonds. The average molecular weight is 562 g/mol. The van der Waals surface area contributed by atoms with E-state index in [1.54, 1.807) is 30.0 Å². The third kappa shape index (κ3) is 3.61. The molecule has 1 spiro atoms. The number of hydrogen-bond donors (Lipinski definition) is 1. The molecule has 3 aliphatic heterocycles. The Morgan fingerprint density at radius 3 is 2.67 bits per heavy atom. The van der Waals surface area contributed by atoms with Crippen molar-refractivity contribution in [3.05, 3.63) is 74.9 Å². The van der Waals surface area contributed by atoms with Gasteiger partial charge in [0.25, 0.3) is 0 Å². The first-order valence-corrected chi connectivity index (χ1v) is 11.6. The highest BCUT2D eigenvalue weighted by Gasteiger charge is 2.58. The molecule has 0 aliphatic carbocycles. The summed E-state index contributed by atoms with van der Waals surface area (Å²) < 4.78 is 52.2. The second-order valence-corrected chi connectivity index (χ2v) is 9.26. The number of nitrogens with one attached hydrogen (secondary N) is 1. The van der Waals surface area contributed by atoms with Gasteiger partial charge in [-0.2, -0.15) is 18.4 Å². The fraction of sp³-hybridized carbons (Fsp3) is 0.292. The van der Waals surface area contributed by atoms with E-state index in [-0.39, 0.29) is 17.2 Å². The lowest BCUT2D eigenvalue weighted by Crippen LogP contribution is -2.66. The second kappa shape index (κ2) is 8.53. The monoisotopic (exact) mass is 561 g/mol. The standard InChI is InChI=1S/C24H19BrF3N5O3/c1-13-19(21(34)35-2)20(17-7-6-14(12-29)10-18(17)25)33-22(30-31-23(33)8-9-36-23)32(13)16-5-3-4-15(11-16)24(26,27)28/h3-7,10-11,20,31H,8-9H2,1-2H3/t20-,23?/m0/s1. The highest BCUT2D eigenvalue weighted by molar-refractivity contribution is 9.10. The molecular weight excluding hydrogens is 543 g/mol. The van der Waals surface area contributed by atoms with Gasteiger partial charge in [-0.25, -0.2) is 4.79 Å². The summed E-state index contributed by atoms with van der Waals surface area (Å²) in [7, 11) is 1.24. The van der Waals surface area contributed by atoms with Crippen molar-refractivity contribution in [2.75, 3.05) is 18.6 Å². The van der Waals surface area contributed by atoms with Crippen molar-refractivity contribution in [2.45, 2.75) is 31.4 Å². The van der Waals surface area contributed by atoms with Gasteiger partial charge < -0.3 is 9.47 Å². The Bertz CT molecular complexity index is 1360. The maximum absolute atomic E-state index is 13.5. The Labute approximate surface area is 212 Å². The van der Waals surface area contributed by atoms with Crippen LogP contribution in [0.4, 0.5) is 18.9 Å². The van der Waals surface area contributed by atoms with Crippen molar-refractivity contribution < 1.29 is 27.4 Å². The number of hydrazone groups is 1. The van der Waals surface area contributed by atoms with Crippen molar-refractivity contribution in [1.82, 2.24) is 10.3 Å². The molecule has 0 radical (unpaired) electrons. The van der Waals surface area contributed by atoms with Gasteiger partial charge in [-0.15, -0.1) is 5.10 Å². The van der Waals surface area contributed by atoms with Crippen molar-refractivity contribution in [1.29, 1.82) is 5.26 Å². The molecule has 1 N–H and O–H groups in total. The van der Waals surface area contributed by atoms with Crippen molar-refractivity contribution in [3.8, 4) is 6.07 Å². The summed E-state index contributed by atoms with van der Waals surface area (Å²) in [4.78, 5) is 16.4. The summed E-state index contributed by atoms with van der Waals surface area (Å²) in [5.41, 5.74) is 3.89. The normalized spacial score (nSPS) is 23.0. The van der Waals surface area contributed by atoms with E-state index >= 15 is 0 Å². The minimum atomic E-state index is -4.56. The Balaban J connectivity index is 1.76. The predicted molar refractivity (Wildman–Crippen MR) is 126 cm³/mol. The molecule has 2 aromatic carbocycles. The largest absolute Gasteiger partial charge is 0.466 e. The number of allylic oxidation sites excluding steroid dienone is 1. The molecule has 0 aromatic heterocycles. The third-order valence-corrected chi connectivity index (χ3v) is 7.12. The van der Waals surface area contributed by atoms with E-state index in [0.717, 1.165) is 12.1 Å². The van der Waals surface area contributed by atoms with Crippen LogP contribution in [0.5, 0.6) is 0 Å². The average Bonchev–Trinajstić information content (AvgIpc) is 3.23. The quantitative estimate of drug-likeness (QED) is 0.548. The Morgan fingerprint density at radius 2 is 2.08 bits per heavy atom. The number of benzene rings is 2. The smallest absolute Gasteiger partial charge is 0.416 e. The molecule has 5 rings (SSSR count). The van der Waals surface area contributed by atoms with Crippen LogP contribution in [0.1, 0.15) is 36.1 Å². The minimum absolute atomic E-state index is 0.169. The zero-order valence-electron chi connectivity index (χ0n) is 19.1. The van der Waals surface area contributed by atoms with Gasteiger partial charge in [0, 0.05) is 22.3 Å². The number of alkyl halides is 3. The van der Waals surface area contributed by atoms with Gasteiger partial charge in [0.15, 0.2) is 0 Å². The number of carbonyl (C=O) groups is 1. The number of halogens is 4. The molecule has 3 aliphatic rings. The summed E-state index contributed by atoms with van der Waals surface area (Å²) in [6.45, 7) is 2.05. The number of rotatable bonds is 3. The van der Waals surface area contributed by atoms with Crippen LogP contribution in [0.15, 0.2) is 63.3 Å². The van der Waals surface area contributed by atoms with Crippen LogP contribution in [0.3, 0.4) is 0 Å². The van der Waals surface area contributed by atoms with Crippen LogP contribution in [0.2, 0.25) is 0 Å². The maximum atomic E-state index is 13.5. The molecule has 1 saturated heterocycles. The SMILES string of the molecule is COC(=O)C1=C(C)N(c2cccc(C(F)(F)F)c2)C2=NNC3(CCO3)N2[C@H]1c1ccc(C#N)cc1Br. The molecule has 0 saturated carbocycles. The highest BCUT2D eigenvalue weighted by Crippen LogP contribution is 2.49. The van der Waals surface area contributed by atoms with Gasteiger partial charge in [0.2, 0.25) is 11.8 Å². The molecule has 2 aromatic rings. The molecule has 2 atom stereocenters. The third-order valence-electron chi connectivity index (χ3n) is 6.43. The molecule has 36 heavy (non-hydrogen) atoms. The number of ether oxygens (including phenoxy) is 2. The highest BCUT2D eigenvalue weighted by atomic mass is 79.9. The minimum Gasteiger partial charge on any atom is -0.466 e. The van der Waals surface area contributed by atoms with Crippen molar-refractivity contribution in [2.24, 2.45) is 5.10 Å². The van der Waals surface area contributed by atoms with Crippen LogP contribution >= 0.6 is 15.9 Å². The van der Waals surface area contributed by atoms with E-state index in [0.29, 0.717) is 34.3 Å². The lowest BCUT2D eigenvalue weighted by molar-refractivity contribution is -0.234. The summed E-state index contributed by atoms with van der Waals surface area (Å²) >= 11 is 3.52. The summed E-state index contributed by atoms with van der Waals surface area (Å²) in [5.74, 6) is -1.50. The molecule has 1 unspecified atom stereocenters. The first-order chi connectivity index (χ1) is 17.1. The molecule has 12 heteroatoms. The Morgan fingerprint density at radius 1 is 1.33 bits per heavy atom. The Hall–Kier alpha value is -3.56. The van der Waals surface area contributed by atoms with E-state index in [1.165, 1.54) is 24.1 Å². The molecule has 186 valence electrons. The van der Waals surface area contributed by atoms with E-state index in [2.05, 4.69) is 32.5 Å².